The minimum absolute atomic E-state index is 0.273. The molecular weight excluding hydrogens is 276 g/mol. The fourth-order valence-corrected chi connectivity index (χ4v) is 3.15. The third-order valence-corrected chi connectivity index (χ3v) is 4.47. The first-order chi connectivity index (χ1) is 9.74. The first kappa shape index (κ1) is 12.4. The standard InChI is InChI=1S/C15H17ClN2O2/c16-12-6-10(20-8-9-1-2-9)5-11-13-7-17-3-4-18(13)15(19)14(11)12/h5-6,9,17,19H,1-4,7-8H2. The fraction of sp³-hybridized carbons (Fsp3) is 0.467. The number of benzene rings is 1. The average molecular weight is 293 g/mol. The molecule has 1 aromatic carbocycles. The van der Waals surface area contributed by atoms with Gasteiger partial charge in [0.1, 0.15) is 5.75 Å². The SMILES string of the molecule is Oc1c2c(Cl)cc(OCC3CC3)cc2c2n1CCNC2. The van der Waals surface area contributed by atoms with E-state index in [1.54, 1.807) is 0 Å². The highest BCUT2D eigenvalue weighted by atomic mass is 35.5. The van der Waals surface area contributed by atoms with Gasteiger partial charge in [0, 0.05) is 30.7 Å². The molecule has 1 fully saturated rings. The minimum atomic E-state index is 0.273. The van der Waals surface area contributed by atoms with Crippen LogP contribution in [0.25, 0.3) is 10.8 Å². The number of fused-ring (bicyclic) bond motifs is 3. The predicted octanol–water partition coefficient (Wildman–Crippen LogP) is 2.89. The molecule has 0 saturated heterocycles. The maximum absolute atomic E-state index is 10.3. The smallest absolute Gasteiger partial charge is 0.200 e. The molecule has 2 aliphatic rings. The number of hydrogen-bond acceptors (Lipinski definition) is 3. The minimum Gasteiger partial charge on any atom is -0.494 e. The van der Waals surface area contributed by atoms with Gasteiger partial charge in [0.05, 0.1) is 17.0 Å². The summed E-state index contributed by atoms with van der Waals surface area (Å²) in [6.45, 7) is 3.15. The highest BCUT2D eigenvalue weighted by Crippen LogP contribution is 2.40. The third-order valence-electron chi connectivity index (χ3n) is 4.17. The Morgan fingerprint density at radius 3 is 3.05 bits per heavy atom. The van der Waals surface area contributed by atoms with Gasteiger partial charge in [-0.1, -0.05) is 11.6 Å². The van der Waals surface area contributed by atoms with E-state index in [-0.39, 0.29) is 5.88 Å². The molecule has 0 atom stereocenters. The van der Waals surface area contributed by atoms with Crippen molar-refractivity contribution in [3.63, 3.8) is 0 Å². The summed E-state index contributed by atoms with van der Waals surface area (Å²) in [5, 5.41) is 16.0. The van der Waals surface area contributed by atoms with E-state index in [0.29, 0.717) is 10.9 Å². The molecule has 1 aliphatic heterocycles. The van der Waals surface area contributed by atoms with Crippen molar-refractivity contribution in [2.75, 3.05) is 13.2 Å². The van der Waals surface area contributed by atoms with Gasteiger partial charge in [0.15, 0.2) is 0 Å². The normalized spacial score (nSPS) is 18.2. The molecule has 2 N–H and O–H groups in total. The van der Waals surface area contributed by atoms with Crippen molar-refractivity contribution in [2.24, 2.45) is 5.92 Å². The molecule has 1 aromatic heterocycles. The van der Waals surface area contributed by atoms with Crippen molar-refractivity contribution in [1.82, 2.24) is 9.88 Å². The Morgan fingerprint density at radius 2 is 2.25 bits per heavy atom. The second-order valence-electron chi connectivity index (χ2n) is 5.68. The molecule has 2 aromatic rings. The zero-order chi connectivity index (χ0) is 13.7. The fourth-order valence-electron chi connectivity index (χ4n) is 2.86. The van der Waals surface area contributed by atoms with E-state index in [2.05, 4.69) is 5.32 Å². The summed E-state index contributed by atoms with van der Waals surface area (Å²) in [5.74, 6) is 1.78. The van der Waals surface area contributed by atoms with Gasteiger partial charge >= 0.3 is 0 Å². The molecule has 5 heteroatoms. The molecule has 1 saturated carbocycles. The topological polar surface area (TPSA) is 46.4 Å². The van der Waals surface area contributed by atoms with E-state index in [9.17, 15) is 5.11 Å². The van der Waals surface area contributed by atoms with Gasteiger partial charge in [-0.25, -0.2) is 0 Å². The van der Waals surface area contributed by atoms with Crippen molar-refractivity contribution in [1.29, 1.82) is 0 Å². The molecule has 0 radical (unpaired) electrons. The third kappa shape index (κ3) is 1.95. The maximum Gasteiger partial charge on any atom is 0.200 e. The lowest BCUT2D eigenvalue weighted by atomic mass is 10.1. The van der Waals surface area contributed by atoms with Crippen molar-refractivity contribution in [3.05, 3.63) is 22.8 Å². The molecule has 0 spiro atoms. The molecule has 106 valence electrons. The summed E-state index contributed by atoms with van der Waals surface area (Å²) in [5.41, 5.74) is 1.09. The zero-order valence-corrected chi connectivity index (χ0v) is 11.9. The molecule has 20 heavy (non-hydrogen) atoms. The highest BCUT2D eigenvalue weighted by molar-refractivity contribution is 6.36. The van der Waals surface area contributed by atoms with Gasteiger partial charge in [-0.3, -0.25) is 0 Å². The predicted molar refractivity (Wildman–Crippen MR) is 78.5 cm³/mol. The molecule has 4 nitrogen and oxygen atoms in total. The van der Waals surface area contributed by atoms with E-state index < -0.39 is 0 Å². The maximum atomic E-state index is 10.3. The molecule has 1 aliphatic carbocycles. The summed E-state index contributed by atoms with van der Waals surface area (Å²) < 4.78 is 7.77. The van der Waals surface area contributed by atoms with Crippen molar-refractivity contribution in [3.8, 4) is 11.6 Å². The number of rotatable bonds is 3. The molecule has 0 unspecified atom stereocenters. The lowest BCUT2D eigenvalue weighted by Crippen LogP contribution is -2.27. The number of aromatic nitrogens is 1. The van der Waals surface area contributed by atoms with Crippen LogP contribution in [0.3, 0.4) is 0 Å². The van der Waals surface area contributed by atoms with Gasteiger partial charge in [-0.15, -0.1) is 0 Å². The van der Waals surface area contributed by atoms with Crippen LogP contribution in [-0.4, -0.2) is 22.8 Å². The lowest BCUT2D eigenvalue weighted by Gasteiger charge is -2.17. The summed E-state index contributed by atoms with van der Waals surface area (Å²) in [7, 11) is 0. The van der Waals surface area contributed by atoms with Gasteiger partial charge < -0.3 is 19.7 Å². The Morgan fingerprint density at radius 1 is 1.40 bits per heavy atom. The lowest BCUT2D eigenvalue weighted by molar-refractivity contribution is 0.300. The van der Waals surface area contributed by atoms with Gasteiger partial charge in [0.2, 0.25) is 5.88 Å². The molecule has 0 bridgehead atoms. The van der Waals surface area contributed by atoms with Crippen molar-refractivity contribution >= 4 is 22.4 Å². The number of nitrogens with zero attached hydrogens (tertiary/aromatic N) is 1. The van der Waals surface area contributed by atoms with Crippen LogP contribution < -0.4 is 10.1 Å². The number of halogens is 1. The summed E-state index contributed by atoms with van der Waals surface area (Å²) in [6.07, 6.45) is 2.53. The van der Waals surface area contributed by atoms with E-state index in [1.807, 2.05) is 16.7 Å². The Balaban J connectivity index is 1.80. The number of aromatic hydroxyl groups is 1. The Labute approximate surface area is 122 Å². The Hall–Kier alpha value is -1.39. The van der Waals surface area contributed by atoms with Crippen LogP contribution in [0.5, 0.6) is 11.6 Å². The molecule has 4 rings (SSSR count). The van der Waals surface area contributed by atoms with Gasteiger partial charge in [-0.05, 0) is 30.9 Å². The second-order valence-corrected chi connectivity index (χ2v) is 6.09. The van der Waals surface area contributed by atoms with E-state index in [1.165, 1.54) is 12.8 Å². The van der Waals surface area contributed by atoms with E-state index >= 15 is 0 Å². The van der Waals surface area contributed by atoms with E-state index in [4.69, 9.17) is 16.3 Å². The van der Waals surface area contributed by atoms with Crippen LogP contribution >= 0.6 is 11.6 Å². The van der Waals surface area contributed by atoms with E-state index in [0.717, 1.165) is 48.5 Å². The summed E-state index contributed by atoms with van der Waals surface area (Å²) in [6, 6.07) is 3.81. The summed E-state index contributed by atoms with van der Waals surface area (Å²) in [4.78, 5) is 0. The highest BCUT2D eigenvalue weighted by Gasteiger charge is 2.24. The molecule has 2 heterocycles. The van der Waals surface area contributed by atoms with Crippen LogP contribution in [0.15, 0.2) is 12.1 Å². The largest absolute Gasteiger partial charge is 0.494 e. The summed E-state index contributed by atoms with van der Waals surface area (Å²) >= 11 is 6.34. The first-order valence-electron chi connectivity index (χ1n) is 7.11. The van der Waals surface area contributed by atoms with Crippen molar-refractivity contribution < 1.29 is 9.84 Å². The second kappa shape index (κ2) is 4.57. The number of hydrogen-bond donors (Lipinski definition) is 2. The number of nitrogens with one attached hydrogen (secondary N) is 1. The monoisotopic (exact) mass is 292 g/mol. The van der Waals surface area contributed by atoms with Gasteiger partial charge in [0.25, 0.3) is 0 Å². The molecular formula is C15H17ClN2O2. The van der Waals surface area contributed by atoms with Crippen LogP contribution in [0.4, 0.5) is 0 Å². The first-order valence-corrected chi connectivity index (χ1v) is 7.49. The van der Waals surface area contributed by atoms with Crippen LogP contribution in [0, 0.1) is 5.92 Å². The molecule has 0 amide bonds. The van der Waals surface area contributed by atoms with Crippen molar-refractivity contribution in [2.45, 2.75) is 25.9 Å². The van der Waals surface area contributed by atoms with Crippen LogP contribution in [0.2, 0.25) is 5.02 Å². The zero-order valence-electron chi connectivity index (χ0n) is 11.2. The Bertz CT molecular complexity index is 676. The van der Waals surface area contributed by atoms with Gasteiger partial charge in [-0.2, -0.15) is 0 Å². The quantitative estimate of drug-likeness (QED) is 0.914. The van der Waals surface area contributed by atoms with Crippen LogP contribution in [-0.2, 0) is 13.1 Å². The van der Waals surface area contributed by atoms with Crippen LogP contribution in [0.1, 0.15) is 18.5 Å². The number of ether oxygens (including phenoxy) is 1. The average Bonchev–Trinajstić information content (AvgIpc) is 3.24. The Kier molecular flexibility index (Phi) is 2.82.